The van der Waals surface area contributed by atoms with Crippen LogP contribution in [0.1, 0.15) is 18.4 Å². The molecule has 0 aliphatic carbocycles. The minimum absolute atomic E-state index is 0.0366. The predicted octanol–water partition coefficient (Wildman–Crippen LogP) is 3.56. The lowest BCUT2D eigenvalue weighted by atomic mass is 10.1. The number of para-hydroxylation sites is 2. The van der Waals surface area contributed by atoms with Crippen molar-refractivity contribution in [1.29, 1.82) is 0 Å². The number of amides is 1. The van der Waals surface area contributed by atoms with Gasteiger partial charge in [-0.2, -0.15) is 0 Å². The van der Waals surface area contributed by atoms with E-state index in [2.05, 4.69) is 15.2 Å². The van der Waals surface area contributed by atoms with Gasteiger partial charge in [0, 0.05) is 13.1 Å². The molecular formula is C21H21FN4O2. The summed E-state index contributed by atoms with van der Waals surface area (Å²) in [7, 11) is 1.41. The average Bonchev–Trinajstić information content (AvgIpc) is 3.22. The lowest BCUT2D eigenvalue weighted by Gasteiger charge is -2.20. The largest absolute Gasteiger partial charge is 0.494 e. The third-order valence-electron chi connectivity index (χ3n) is 4.80. The van der Waals surface area contributed by atoms with Crippen molar-refractivity contribution in [3.63, 3.8) is 0 Å². The second-order valence-electron chi connectivity index (χ2n) is 6.77. The lowest BCUT2D eigenvalue weighted by Crippen LogP contribution is -2.24. The first kappa shape index (κ1) is 18.2. The third kappa shape index (κ3) is 3.74. The second kappa shape index (κ2) is 7.80. The first-order chi connectivity index (χ1) is 13.6. The first-order valence-electron chi connectivity index (χ1n) is 9.28. The molecule has 1 aliphatic heterocycles. The molecule has 2 aromatic carbocycles. The summed E-state index contributed by atoms with van der Waals surface area (Å²) in [5.41, 5.74) is 2.07. The molecule has 6 nitrogen and oxygen atoms in total. The van der Waals surface area contributed by atoms with Crippen LogP contribution in [0.15, 0.2) is 42.5 Å². The Kier molecular flexibility index (Phi) is 5.06. The van der Waals surface area contributed by atoms with Crippen LogP contribution in [-0.4, -0.2) is 36.1 Å². The topological polar surface area (TPSA) is 67.3 Å². The Morgan fingerprint density at radius 2 is 1.86 bits per heavy atom. The number of ether oxygens (including phenoxy) is 1. The molecule has 4 rings (SSSR count). The molecule has 3 aromatic rings. The molecule has 0 atom stereocenters. The van der Waals surface area contributed by atoms with E-state index < -0.39 is 5.82 Å². The molecule has 1 N–H and O–H groups in total. The number of rotatable bonds is 5. The molecular weight excluding hydrogens is 359 g/mol. The molecule has 0 radical (unpaired) electrons. The maximum atomic E-state index is 13.9. The number of methoxy groups -OCH3 is 1. The molecule has 0 bridgehead atoms. The summed E-state index contributed by atoms with van der Waals surface area (Å²) in [6, 6.07) is 12.1. The number of nitrogens with zero attached hydrogens (tertiary/aromatic N) is 3. The molecule has 1 amide bonds. The molecule has 1 saturated heterocycles. The van der Waals surface area contributed by atoms with E-state index >= 15 is 0 Å². The van der Waals surface area contributed by atoms with Crippen LogP contribution in [0.3, 0.4) is 0 Å². The van der Waals surface area contributed by atoms with Gasteiger partial charge in [-0.25, -0.2) is 14.4 Å². The zero-order valence-corrected chi connectivity index (χ0v) is 15.6. The van der Waals surface area contributed by atoms with Gasteiger partial charge in [-0.05, 0) is 42.7 Å². The van der Waals surface area contributed by atoms with Crippen LogP contribution < -0.4 is 15.0 Å². The van der Waals surface area contributed by atoms with E-state index in [-0.39, 0.29) is 18.1 Å². The van der Waals surface area contributed by atoms with Crippen molar-refractivity contribution in [2.75, 3.05) is 30.4 Å². The second-order valence-corrected chi connectivity index (χ2v) is 6.77. The Morgan fingerprint density at radius 1 is 1.14 bits per heavy atom. The molecule has 2 heterocycles. The van der Waals surface area contributed by atoms with Gasteiger partial charge in [-0.15, -0.1) is 0 Å². The van der Waals surface area contributed by atoms with Crippen molar-refractivity contribution in [3.05, 3.63) is 53.8 Å². The number of anilines is 2. The summed E-state index contributed by atoms with van der Waals surface area (Å²) in [4.78, 5) is 24.1. The highest BCUT2D eigenvalue weighted by molar-refractivity contribution is 5.95. The summed E-state index contributed by atoms with van der Waals surface area (Å²) >= 11 is 0. The Bertz CT molecular complexity index is 1020. The van der Waals surface area contributed by atoms with Crippen molar-refractivity contribution < 1.29 is 13.9 Å². The van der Waals surface area contributed by atoms with Gasteiger partial charge in [0.1, 0.15) is 0 Å². The average molecular weight is 380 g/mol. The van der Waals surface area contributed by atoms with E-state index in [9.17, 15) is 9.18 Å². The van der Waals surface area contributed by atoms with E-state index in [4.69, 9.17) is 9.72 Å². The molecule has 1 aliphatic rings. The quantitative estimate of drug-likeness (QED) is 0.733. The van der Waals surface area contributed by atoms with Crippen molar-refractivity contribution in [2.45, 2.75) is 19.3 Å². The SMILES string of the molecule is COc1ccc(CC(=O)Nc2nc3ccccc3nc2N2CCCC2)cc1F. The fourth-order valence-corrected chi connectivity index (χ4v) is 3.41. The van der Waals surface area contributed by atoms with Crippen molar-refractivity contribution >= 4 is 28.6 Å². The summed E-state index contributed by atoms with van der Waals surface area (Å²) < 4.78 is 18.8. The number of nitrogens with one attached hydrogen (secondary N) is 1. The maximum absolute atomic E-state index is 13.9. The number of aromatic nitrogens is 2. The van der Waals surface area contributed by atoms with Gasteiger partial charge in [0.15, 0.2) is 23.2 Å². The monoisotopic (exact) mass is 380 g/mol. The van der Waals surface area contributed by atoms with Crippen LogP contribution in [0.2, 0.25) is 0 Å². The Labute approximate surface area is 162 Å². The highest BCUT2D eigenvalue weighted by Crippen LogP contribution is 2.28. The van der Waals surface area contributed by atoms with Crippen LogP contribution in [0.25, 0.3) is 11.0 Å². The molecule has 1 fully saturated rings. The van der Waals surface area contributed by atoms with Gasteiger partial charge in [-0.3, -0.25) is 4.79 Å². The molecule has 0 saturated carbocycles. The number of hydrogen-bond donors (Lipinski definition) is 1. The Morgan fingerprint density at radius 3 is 2.54 bits per heavy atom. The summed E-state index contributed by atoms with van der Waals surface area (Å²) in [5.74, 6) is 0.525. The predicted molar refractivity (Wildman–Crippen MR) is 106 cm³/mol. The summed E-state index contributed by atoms with van der Waals surface area (Å²) in [6.07, 6.45) is 2.22. The molecule has 0 spiro atoms. The van der Waals surface area contributed by atoms with Gasteiger partial charge in [0.05, 0.1) is 24.6 Å². The van der Waals surface area contributed by atoms with E-state index in [1.807, 2.05) is 24.3 Å². The van der Waals surface area contributed by atoms with E-state index in [0.717, 1.165) is 37.0 Å². The third-order valence-corrected chi connectivity index (χ3v) is 4.80. The summed E-state index contributed by atoms with van der Waals surface area (Å²) in [6.45, 7) is 1.78. The van der Waals surface area contributed by atoms with Crippen molar-refractivity contribution in [1.82, 2.24) is 9.97 Å². The fraction of sp³-hybridized carbons (Fsp3) is 0.286. The Balaban J connectivity index is 1.59. The Hall–Kier alpha value is -3.22. The van der Waals surface area contributed by atoms with Crippen LogP contribution in [0.5, 0.6) is 5.75 Å². The molecule has 7 heteroatoms. The zero-order valence-electron chi connectivity index (χ0n) is 15.6. The van der Waals surface area contributed by atoms with Crippen molar-refractivity contribution in [3.8, 4) is 5.75 Å². The van der Waals surface area contributed by atoms with Crippen LogP contribution in [0, 0.1) is 5.82 Å². The number of benzene rings is 2. The molecule has 0 unspecified atom stereocenters. The van der Waals surface area contributed by atoms with Gasteiger partial charge >= 0.3 is 0 Å². The van der Waals surface area contributed by atoms with E-state index in [0.29, 0.717) is 17.2 Å². The van der Waals surface area contributed by atoms with Gasteiger partial charge in [-0.1, -0.05) is 18.2 Å². The van der Waals surface area contributed by atoms with Gasteiger partial charge in [0.25, 0.3) is 0 Å². The lowest BCUT2D eigenvalue weighted by molar-refractivity contribution is -0.115. The molecule has 144 valence electrons. The highest BCUT2D eigenvalue weighted by Gasteiger charge is 2.21. The minimum atomic E-state index is -0.490. The summed E-state index contributed by atoms with van der Waals surface area (Å²) in [5, 5.41) is 2.87. The van der Waals surface area contributed by atoms with Crippen LogP contribution in [-0.2, 0) is 11.2 Å². The molecule has 1 aromatic heterocycles. The van der Waals surface area contributed by atoms with E-state index in [1.165, 1.54) is 19.2 Å². The number of fused-ring (bicyclic) bond motifs is 1. The first-order valence-corrected chi connectivity index (χ1v) is 9.28. The zero-order chi connectivity index (χ0) is 19.5. The highest BCUT2D eigenvalue weighted by atomic mass is 19.1. The van der Waals surface area contributed by atoms with Gasteiger partial charge < -0.3 is 15.0 Å². The standard InChI is InChI=1S/C21H21FN4O2/c1-28-18-9-8-14(12-15(18)22)13-19(27)25-20-21(26-10-4-5-11-26)24-17-7-3-2-6-16(17)23-20/h2-3,6-9,12H,4-5,10-11,13H2,1H3,(H,23,25,27). The van der Waals surface area contributed by atoms with Gasteiger partial charge in [0.2, 0.25) is 5.91 Å². The maximum Gasteiger partial charge on any atom is 0.230 e. The fourth-order valence-electron chi connectivity index (χ4n) is 3.41. The normalized spacial score (nSPS) is 13.7. The molecule has 28 heavy (non-hydrogen) atoms. The number of carbonyl (C=O) groups is 1. The number of halogens is 1. The van der Waals surface area contributed by atoms with Crippen LogP contribution in [0.4, 0.5) is 16.0 Å². The van der Waals surface area contributed by atoms with E-state index in [1.54, 1.807) is 6.07 Å². The number of hydrogen-bond acceptors (Lipinski definition) is 5. The smallest absolute Gasteiger partial charge is 0.230 e. The number of carbonyl (C=O) groups excluding carboxylic acids is 1. The van der Waals surface area contributed by atoms with Crippen LogP contribution >= 0.6 is 0 Å². The minimum Gasteiger partial charge on any atom is -0.494 e. The van der Waals surface area contributed by atoms with Crippen molar-refractivity contribution in [2.24, 2.45) is 0 Å².